The van der Waals surface area contributed by atoms with E-state index < -0.39 is 11.9 Å². The van der Waals surface area contributed by atoms with E-state index in [9.17, 15) is 9.59 Å². The molecule has 1 heterocycles. The zero-order chi connectivity index (χ0) is 11.3. The monoisotopic (exact) mass is 206 g/mol. The van der Waals surface area contributed by atoms with Crippen LogP contribution in [0.2, 0.25) is 0 Å². The Morgan fingerprint density at radius 1 is 1.40 bits per heavy atom. The van der Waals surface area contributed by atoms with Gasteiger partial charge in [-0.15, -0.1) is 0 Å². The van der Waals surface area contributed by atoms with Crippen LogP contribution in [0.5, 0.6) is 0 Å². The molecule has 0 unspecified atom stereocenters. The van der Waals surface area contributed by atoms with Crippen LogP contribution in [-0.2, 0) is 9.59 Å². The highest BCUT2D eigenvalue weighted by Gasteiger charge is 2.07. The molecule has 0 radical (unpaired) electrons. The Bertz CT molecular complexity index is 387. The summed E-state index contributed by atoms with van der Waals surface area (Å²) in [6, 6.07) is 5.13. The Balaban J connectivity index is 2.74. The van der Waals surface area contributed by atoms with E-state index in [1.54, 1.807) is 24.4 Å². The Morgan fingerprint density at radius 2 is 2.13 bits per heavy atom. The van der Waals surface area contributed by atoms with E-state index in [-0.39, 0.29) is 0 Å². The fourth-order valence-corrected chi connectivity index (χ4v) is 0.919. The fourth-order valence-electron chi connectivity index (χ4n) is 0.919. The zero-order valence-electron chi connectivity index (χ0n) is 8.12. The van der Waals surface area contributed by atoms with Gasteiger partial charge in [0.25, 0.3) is 5.91 Å². The smallest absolute Gasteiger partial charge is 0.328 e. The lowest BCUT2D eigenvalue weighted by Gasteiger charge is -2.12. The summed E-state index contributed by atoms with van der Waals surface area (Å²) >= 11 is 0. The minimum Gasteiger partial charge on any atom is -0.478 e. The molecule has 1 aromatic heterocycles. The van der Waals surface area contributed by atoms with Crippen LogP contribution < -0.4 is 4.90 Å². The van der Waals surface area contributed by atoms with Gasteiger partial charge in [0.1, 0.15) is 5.82 Å². The molecular weight excluding hydrogens is 196 g/mol. The minimum atomic E-state index is -1.15. The van der Waals surface area contributed by atoms with Crippen LogP contribution in [0, 0.1) is 0 Å². The van der Waals surface area contributed by atoms with Crippen molar-refractivity contribution in [1.82, 2.24) is 4.98 Å². The Labute approximate surface area is 86.7 Å². The first-order chi connectivity index (χ1) is 7.11. The second-order valence-electron chi connectivity index (χ2n) is 2.76. The third-order valence-electron chi connectivity index (χ3n) is 1.69. The molecule has 0 spiro atoms. The van der Waals surface area contributed by atoms with Crippen molar-refractivity contribution in [1.29, 1.82) is 0 Å². The Morgan fingerprint density at radius 3 is 2.67 bits per heavy atom. The van der Waals surface area contributed by atoms with E-state index in [0.29, 0.717) is 5.82 Å². The Hall–Kier alpha value is -2.17. The second kappa shape index (κ2) is 4.90. The summed E-state index contributed by atoms with van der Waals surface area (Å²) in [7, 11) is 1.52. The van der Waals surface area contributed by atoms with Crippen LogP contribution in [0.3, 0.4) is 0 Å². The van der Waals surface area contributed by atoms with Gasteiger partial charge in [-0.05, 0) is 12.1 Å². The van der Waals surface area contributed by atoms with Gasteiger partial charge in [-0.25, -0.2) is 9.78 Å². The van der Waals surface area contributed by atoms with Crippen LogP contribution in [0.1, 0.15) is 0 Å². The van der Waals surface area contributed by atoms with Crippen molar-refractivity contribution < 1.29 is 14.7 Å². The number of hydrogen-bond acceptors (Lipinski definition) is 3. The predicted molar refractivity (Wildman–Crippen MR) is 54.4 cm³/mol. The maximum absolute atomic E-state index is 11.4. The van der Waals surface area contributed by atoms with Crippen LogP contribution in [-0.4, -0.2) is 29.0 Å². The molecule has 0 saturated carbocycles. The third kappa shape index (κ3) is 3.22. The lowest BCUT2D eigenvalue weighted by atomic mass is 10.4. The summed E-state index contributed by atoms with van der Waals surface area (Å²) in [6.45, 7) is 0. The van der Waals surface area contributed by atoms with Gasteiger partial charge in [0.15, 0.2) is 0 Å². The van der Waals surface area contributed by atoms with Gasteiger partial charge in [0, 0.05) is 25.4 Å². The van der Waals surface area contributed by atoms with Crippen molar-refractivity contribution in [2.45, 2.75) is 0 Å². The standard InChI is InChI=1S/C10H10N2O3/c1-12(8-4-2-3-7-11-8)9(13)5-6-10(14)15/h2-7H,1H3,(H,14,15)/b6-5+. The van der Waals surface area contributed by atoms with Crippen molar-refractivity contribution in [2.75, 3.05) is 11.9 Å². The molecule has 0 aliphatic heterocycles. The molecule has 1 rings (SSSR count). The van der Waals surface area contributed by atoms with Gasteiger partial charge in [-0.2, -0.15) is 0 Å². The van der Waals surface area contributed by atoms with E-state index in [2.05, 4.69) is 4.98 Å². The van der Waals surface area contributed by atoms with Crippen molar-refractivity contribution in [2.24, 2.45) is 0 Å². The van der Waals surface area contributed by atoms with Crippen molar-refractivity contribution in [3.8, 4) is 0 Å². The summed E-state index contributed by atoms with van der Waals surface area (Å²) < 4.78 is 0. The maximum Gasteiger partial charge on any atom is 0.328 e. The molecule has 15 heavy (non-hydrogen) atoms. The van der Waals surface area contributed by atoms with Gasteiger partial charge in [0.05, 0.1) is 0 Å². The number of amides is 1. The number of carboxylic acid groups (broad SMARTS) is 1. The van der Waals surface area contributed by atoms with Crippen molar-refractivity contribution in [3.63, 3.8) is 0 Å². The molecule has 0 aliphatic carbocycles. The summed E-state index contributed by atoms with van der Waals surface area (Å²) in [6.07, 6.45) is 3.33. The molecule has 0 atom stereocenters. The van der Waals surface area contributed by atoms with E-state index in [1.807, 2.05) is 0 Å². The first kappa shape index (κ1) is 10.9. The molecule has 1 aromatic rings. The Kier molecular flexibility index (Phi) is 3.56. The number of carbonyl (C=O) groups excluding carboxylic acids is 1. The van der Waals surface area contributed by atoms with E-state index in [1.165, 1.54) is 11.9 Å². The molecule has 5 heteroatoms. The summed E-state index contributed by atoms with van der Waals surface area (Å²) in [5.74, 6) is -1.12. The number of anilines is 1. The number of pyridine rings is 1. The number of aliphatic carboxylic acids is 1. The normalized spacial score (nSPS) is 10.2. The van der Waals surface area contributed by atoms with E-state index >= 15 is 0 Å². The second-order valence-corrected chi connectivity index (χ2v) is 2.76. The highest BCUT2D eigenvalue weighted by molar-refractivity contribution is 6.03. The molecule has 0 bridgehead atoms. The maximum atomic E-state index is 11.4. The van der Waals surface area contributed by atoms with E-state index in [4.69, 9.17) is 5.11 Å². The average molecular weight is 206 g/mol. The van der Waals surface area contributed by atoms with Crippen LogP contribution in [0.15, 0.2) is 36.5 Å². The van der Waals surface area contributed by atoms with Crippen molar-refractivity contribution in [3.05, 3.63) is 36.5 Å². The number of nitrogens with zero attached hydrogens (tertiary/aromatic N) is 2. The van der Waals surface area contributed by atoms with Gasteiger partial charge in [-0.1, -0.05) is 6.07 Å². The quantitative estimate of drug-likeness (QED) is 0.738. The largest absolute Gasteiger partial charge is 0.478 e. The first-order valence-electron chi connectivity index (χ1n) is 4.21. The lowest BCUT2D eigenvalue weighted by Crippen LogP contribution is -2.25. The fraction of sp³-hybridized carbons (Fsp3) is 0.100. The van der Waals surface area contributed by atoms with Gasteiger partial charge in [-0.3, -0.25) is 9.69 Å². The molecule has 78 valence electrons. The van der Waals surface area contributed by atoms with Gasteiger partial charge in [0.2, 0.25) is 0 Å². The number of likely N-dealkylation sites (N-methyl/N-ethyl adjacent to an activating group) is 1. The molecule has 0 aliphatic rings. The number of rotatable bonds is 3. The molecule has 1 amide bonds. The molecular formula is C10H10N2O3. The molecule has 0 saturated heterocycles. The van der Waals surface area contributed by atoms with Crippen LogP contribution in [0.25, 0.3) is 0 Å². The van der Waals surface area contributed by atoms with Gasteiger partial charge < -0.3 is 5.11 Å². The SMILES string of the molecule is CN(C(=O)/C=C/C(=O)O)c1ccccn1. The number of carbonyl (C=O) groups is 2. The zero-order valence-corrected chi connectivity index (χ0v) is 8.12. The third-order valence-corrected chi connectivity index (χ3v) is 1.69. The van der Waals surface area contributed by atoms with Crippen LogP contribution >= 0.6 is 0 Å². The number of hydrogen-bond donors (Lipinski definition) is 1. The highest BCUT2D eigenvalue weighted by Crippen LogP contribution is 2.06. The van der Waals surface area contributed by atoms with Gasteiger partial charge >= 0.3 is 5.97 Å². The molecule has 5 nitrogen and oxygen atoms in total. The molecule has 0 aromatic carbocycles. The average Bonchev–Trinajstić information content (AvgIpc) is 2.26. The summed E-state index contributed by atoms with van der Waals surface area (Å²) in [5, 5.41) is 8.34. The molecule has 1 N–H and O–H groups in total. The topological polar surface area (TPSA) is 70.5 Å². The van der Waals surface area contributed by atoms with E-state index in [0.717, 1.165) is 12.2 Å². The van der Waals surface area contributed by atoms with Crippen molar-refractivity contribution >= 4 is 17.7 Å². The molecule has 0 fully saturated rings. The summed E-state index contributed by atoms with van der Waals surface area (Å²) in [5.41, 5.74) is 0. The summed E-state index contributed by atoms with van der Waals surface area (Å²) in [4.78, 5) is 26.8. The number of carboxylic acids is 1. The predicted octanol–water partition coefficient (Wildman–Crippen LogP) is 0.685. The minimum absolute atomic E-state index is 0.434. The first-order valence-corrected chi connectivity index (χ1v) is 4.21. The lowest BCUT2D eigenvalue weighted by molar-refractivity contribution is -0.131. The highest BCUT2D eigenvalue weighted by atomic mass is 16.4. The van der Waals surface area contributed by atoms with Crippen LogP contribution in [0.4, 0.5) is 5.82 Å². The number of aromatic nitrogens is 1.